The highest BCUT2D eigenvalue weighted by atomic mass is 16.2. The van der Waals surface area contributed by atoms with Gasteiger partial charge in [-0.15, -0.1) is 0 Å². The van der Waals surface area contributed by atoms with Crippen molar-refractivity contribution in [2.45, 2.75) is 83.2 Å². The second-order valence-electron chi connectivity index (χ2n) is 8.08. The van der Waals surface area contributed by atoms with Crippen molar-refractivity contribution in [3.8, 4) is 0 Å². The fourth-order valence-corrected chi connectivity index (χ4v) is 4.86. The van der Waals surface area contributed by atoms with E-state index in [1.165, 1.54) is 25.7 Å². The van der Waals surface area contributed by atoms with Gasteiger partial charge in [-0.05, 0) is 62.8 Å². The van der Waals surface area contributed by atoms with Crippen molar-refractivity contribution in [1.29, 1.82) is 0 Å². The standard InChI is InChI=1S/C20H29N3O2/c24-19(12-15-6-1-2-7-15)22-11-5-9-17(22)14-23-20(25)13-16-8-3-4-10-18(16)21-23/h13,15,17H,1-12,14H2. The van der Waals surface area contributed by atoms with Gasteiger partial charge in [-0.2, -0.15) is 5.10 Å². The molecule has 5 heteroatoms. The molecule has 1 atom stereocenters. The second-order valence-corrected chi connectivity index (χ2v) is 8.08. The Hall–Kier alpha value is -1.65. The van der Waals surface area contributed by atoms with Crippen LogP contribution in [0, 0.1) is 5.92 Å². The number of hydrogen-bond acceptors (Lipinski definition) is 3. The predicted octanol–water partition coefficient (Wildman–Crippen LogP) is 2.69. The van der Waals surface area contributed by atoms with Gasteiger partial charge in [0.25, 0.3) is 5.56 Å². The highest BCUT2D eigenvalue weighted by Gasteiger charge is 2.31. The lowest BCUT2D eigenvalue weighted by molar-refractivity contribution is -0.133. The molecule has 0 aromatic carbocycles. The van der Waals surface area contributed by atoms with E-state index in [1.807, 2.05) is 4.90 Å². The fourth-order valence-electron chi connectivity index (χ4n) is 4.86. The molecule has 1 aromatic heterocycles. The first-order valence-electron chi connectivity index (χ1n) is 10.1. The molecule has 1 saturated carbocycles. The average Bonchev–Trinajstić information content (AvgIpc) is 3.27. The molecule has 1 unspecified atom stereocenters. The van der Waals surface area contributed by atoms with Gasteiger partial charge >= 0.3 is 0 Å². The van der Waals surface area contributed by atoms with Crippen LogP contribution >= 0.6 is 0 Å². The number of hydrogen-bond donors (Lipinski definition) is 0. The van der Waals surface area contributed by atoms with Gasteiger partial charge in [-0.1, -0.05) is 12.8 Å². The van der Waals surface area contributed by atoms with Crippen molar-refractivity contribution in [1.82, 2.24) is 14.7 Å². The van der Waals surface area contributed by atoms with Crippen molar-refractivity contribution in [3.05, 3.63) is 27.7 Å². The van der Waals surface area contributed by atoms with Gasteiger partial charge in [-0.25, -0.2) is 4.68 Å². The van der Waals surface area contributed by atoms with Crippen LogP contribution in [0.4, 0.5) is 0 Å². The number of amides is 1. The third-order valence-electron chi connectivity index (χ3n) is 6.29. The van der Waals surface area contributed by atoms with E-state index in [0.29, 0.717) is 24.8 Å². The molecule has 1 aromatic rings. The molecular weight excluding hydrogens is 314 g/mol. The van der Waals surface area contributed by atoms with Crippen LogP contribution in [0.2, 0.25) is 0 Å². The zero-order chi connectivity index (χ0) is 17.2. The first kappa shape index (κ1) is 16.8. The minimum Gasteiger partial charge on any atom is -0.338 e. The highest BCUT2D eigenvalue weighted by Crippen LogP contribution is 2.29. The number of likely N-dealkylation sites (tertiary alicyclic amines) is 1. The molecule has 0 spiro atoms. The van der Waals surface area contributed by atoms with E-state index >= 15 is 0 Å². The van der Waals surface area contributed by atoms with Gasteiger partial charge in [0.1, 0.15) is 0 Å². The van der Waals surface area contributed by atoms with E-state index in [1.54, 1.807) is 10.7 Å². The predicted molar refractivity (Wildman–Crippen MR) is 96.4 cm³/mol. The molecule has 136 valence electrons. The minimum absolute atomic E-state index is 0.00394. The van der Waals surface area contributed by atoms with Crippen molar-refractivity contribution >= 4 is 5.91 Å². The monoisotopic (exact) mass is 343 g/mol. The summed E-state index contributed by atoms with van der Waals surface area (Å²) < 4.78 is 1.62. The summed E-state index contributed by atoms with van der Waals surface area (Å²) in [5.74, 6) is 0.874. The summed E-state index contributed by atoms with van der Waals surface area (Å²) in [6, 6.07) is 1.92. The Morgan fingerprint density at radius 2 is 1.88 bits per heavy atom. The summed E-state index contributed by atoms with van der Waals surface area (Å²) in [6.07, 6.45) is 12.0. The van der Waals surface area contributed by atoms with E-state index < -0.39 is 0 Å². The fraction of sp³-hybridized carbons (Fsp3) is 0.750. The molecule has 0 radical (unpaired) electrons. The molecular formula is C20H29N3O2. The lowest BCUT2D eigenvalue weighted by Gasteiger charge is -2.26. The Bertz CT molecular complexity index is 691. The van der Waals surface area contributed by atoms with Gasteiger partial charge in [-0.3, -0.25) is 9.59 Å². The number of carbonyl (C=O) groups excluding carboxylic acids is 1. The molecule has 4 rings (SSSR count). The third kappa shape index (κ3) is 3.65. The van der Waals surface area contributed by atoms with E-state index in [-0.39, 0.29) is 11.6 Å². The summed E-state index contributed by atoms with van der Waals surface area (Å²) in [6.45, 7) is 1.40. The van der Waals surface area contributed by atoms with Gasteiger partial charge in [0.2, 0.25) is 5.91 Å². The molecule has 2 fully saturated rings. The summed E-state index contributed by atoms with van der Waals surface area (Å²) in [5, 5.41) is 4.64. The molecule has 5 nitrogen and oxygen atoms in total. The average molecular weight is 343 g/mol. The number of carbonyl (C=O) groups is 1. The van der Waals surface area contributed by atoms with Crippen molar-refractivity contribution < 1.29 is 4.79 Å². The quantitative estimate of drug-likeness (QED) is 0.844. The Labute approximate surface area is 149 Å². The van der Waals surface area contributed by atoms with Crippen LogP contribution in [0.5, 0.6) is 0 Å². The van der Waals surface area contributed by atoms with E-state index in [0.717, 1.165) is 56.3 Å². The lowest BCUT2D eigenvalue weighted by atomic mass is 9.97. The Morgan fingerprint density at radius 1 is 1.08 bits per heavy atom. The number of aryl methyl sites for hydroxylation is 2. The zero-order valence-electron chi connectivity index (χ0n) is 15.1. The van der Waals surface area contributed by atoms with E-state index in [2.05, 4.69) is 5.10 Å². The minimum atomic E-state index is -0.00394. The largest absolute Gasteiger partial charge is 0.338 e. The lowest BCUT2D eigenvalue weighted by Crippen LogP contribution is -2.41. The molecule has 1 saturated heterocycles. The van der Waals surface area contributed by atoms with Crippen molar-refractivity contribution in [3.63, 3.8) is 0 Å². The summed E-state index contributed by atoms with van der Waals surface area (Å²) in [5.41, 5.74) is 2.22. The van der Waals surface area contributed by atoms with Gasteiger partial charge < -0.3 is 4.90 Å². The summed E-state index contributed by atoms with van der Waals surface area (Å²) in [4.78, 5) is 27.2. The Morgan fingerprint density at radius 3 is 2.72 bits per heavy atom. The third-order valence-corrected chi connectivity index (χ3v) is 6.29. The van der Waals surface area contributed by atoms with Crippen LogP contribution in [0.1, 0.15) is 69.0 Å². The van der Waals surface area contributed by atoms with Crippen LogP contribution in [0.25, 0.3) is 0 Å². The zero-order valence-corrected chi connectivity index (χ0v) is 15.1. The van der Waals surface area contributed by atoms with Crippen LogP contribution in [-0.4, -0.2) is 33.2 Å². The summed E-state index contributed by atoms with van der Waals surface area (Å²) >= 11 is 0. The van der Waals surface area contributed by atoms with Crippen LogP contribution in [0.15, 0.2) is 10.9 Å². The first-order valence-corrected chi connectivity index (χ1v) is 10.1. The maximum absolute atomic E-state index is 12.7. The van der Waals surface area contributed by atoms with Crippen molar-refractivity contribution in [2.24, 2.45) is 5.92 Å². The maximum Gasteiger partial charge on any atom is 0.267 e. The van der Waals surface area contributed by atoms with Gasteiger partial charge in [0.05, 0.1) is 18.3 Å². The maximum atomic E-state index is 12.7. The SMILES string of the molecule is O=C(CC1CCCC1)N1CCCC1Cn1nc2c(cc1=O)CCCC2. The second kappa shape index (κ2) is 7.30. The molecule has 2 heterocycles. The van der Waals surface area contributed by atoms with Crippen LogP contribution in [-0.2, 0) is 24.2 Å². The molecule has 25 heavy (non-hydrogen) atoms. The molecule has 1 aliphatic heterocycles. The number of fused-ring (bicyclic) bond motifs is 1. The van der Waals surface area contributed by atoms with E-state index in [4.69, 9.17) is 0 Å². The van der Waals surface area contributed by atoms with Gasteiger partial charge in [0, 0.05) is 19.0 Å². The summed E-state index contributed by atoms with van der Waals surface area (Å²) in [7, 11) is 0. The highest BCUT2D eigenvalue weighted by molar-refractivity contribution is 5.77. The molecule has 0 N–H and O–H groups in total. The first-order chi connectivity index (χ1) is 12.2. The molecule has 3 aliphatic rings. The normalized spacial score (nSPS) is 23.8. The number of nitrogens with zero attached hydrogens (tertiary/aromatic N) is 3. The van der Waals surface area contributed by atoms with E-state index in [9.17, 15) is 9.59 Å². The molecule has 1 amide bonds. The van der Waals surface area contributed by atoms with Crippen LogP contribution in [0.3, 0.4) is 0 Å². The Balaban J connectivity index is 1.46. The molecule has 2 aliphatic carbocycles. The smallest absolute Gasteiger partial charge is 0.267 e. The number of aromatic nitrogens is 2. The van der Waals surface area contributed by atoms with Crippen molar-refractivity contribution in [2.75, 3.05) is 6.54 Å². The topological polar surface area (TPSA) is 55.2 Å². The Kier molecular flexibility index (Phi) is 4.91. The number of rotatable bonds is 4. The molecule has 0 bridgehead atoms. The van der Waals surface area contributed by atoms with Crippen LogP contribution < -0.4 is 5.56 Å². The van der Waals surface area contributed by atoms with Gasteiger partial charge in [0.15, 0.2) is 0 Å².